The van der Waals surface area contributed by atoms with Crippen LogP contribution in [0.4, 0.5) is 5.00 Å². The third kappa shape index (κ3) is 4.88. The zero-order valence-electron chi connectivity index (χ0n) is 15.9. The molecule has 1 aliphatic heterocycles. The predicted molar refractivity (Wildman–Crippen MR) is 119 cm³/mol. The summed E-state index contributed by atoms with van der Waals surface area (Å²) in [5.41, 5.74) is 3.04. The fourth-order valence-corrected chi connectivity index (χ4v) is 5.44. The van der Waals surface area contributed by atoms with Crippen molar-refractivity contribution >= 4 is 34.0 Å². The number of carbonyl (C=O) groups is 1. The van der Waals surface area contributed by atoms with Crippen LogP contribution in [0.2, 0.25) is 0 Å². The van der Waals surface area contributed by atoms with Gasteiger partial charge in [0, 0.05) is 29.4 Å². The topological polar surface area (TPSA) is 56.1 Å². The molecule has 1 N–H and O–H groups in total. The SMILES string of the molecule is N#Cc1c(NC(=O)CSc2ccccc2)sc2c1CCN(Cc1ccccc1)C2. The van der Waals surface area contributed by atoms with E-state index < -0.39 is 0 Å². The summed E-state index contributed by atoms with van der Waals surface area (Å²) < 4.78 is 0. The van der Waals surface area contributed by atoms with Crippen LogP contribution in [0.1, 0.15) is 21.6 Å². The molecule has 0 bridgehead atoms. The molecule has 0 atom stereocenters. The van der Waals surface area contributed by atoms with E-state index in [0.29, 0.717) is 16.3 Å². The Balaban J connectivity index is 1.42. The van der Waals surface area contributed by atoms with Crippen molar-refractivity contribution in [3.8, 4) is 6.07 Å². The Morgan fingerprint density at radius 2 is 1.86 bits per heavy atom. The van der Waals surface area contributed by atoms with E-state index >= 15 is 0 Å². The first-order chi connectivity index (χ1) is 14.2. The van der Waals surface area contributed by atoms with Crippen LogP contribution in [-0.4, -0.2) is 23.1 Å². The van der Waals surface area contributed by atoms with Crippen LogP contribution in [0.25, 0.3) is 0 Å². The number of fused-ring (bicyclic) bond motifs is 1. The quantitative estimate of drug-likeness (QED) is 0.577. The van der Waals surface area contributed by atoms with E-state index in [1.54, 1.807) is 11.3 Å². The van der Waals surface area contributed by atoms with Gasteiger partial charge in [-0.15, -0.1) is 23.1 Å². The zero-order chi connectivity index (χ0) is 20.1. The normalized spacial score (nSPS) is 13.5. The van der Waals surface area contributed by atoms with Crippen molar-refractivity contribution in [2.24, 2.45) is 0 Å². The van der Waals surface area contributed by atoms with Gasteiger partial charge in [-0.25, -0.2) is 0 Å². The lowest BCUT2D eigenvalue weighted by atomic mass is 10.0. The first kappa shape index (κ1) is 19.7. The fraction of sp³-hybridized carbons (Fsp3) is 0.217. The second-order valence-corrected chi connectivity index (χ2v) is 9.07. The molecular formula is C23H21N3OS2. The van der Waals surface area contributed by atoms with Gasteiger partial charge >= 0.3 is 0 Å². The van der Waals surface area contributed by atoms with E-state index in [-0.39, 0.29) is 5.91 Å². The van der Waals surface area contributed by atoms with Gasteiger partial charge in [0.25, 0.3) is 0 Å². The average Bonchev–Trinajstić information content (AvgIpc) is 3.09. The summed E-state index contributed by atoms with van der Waals surface area (Å²) in [7, 11) is 0. The number of thiophene rings is 1. The maximum atomic E-state index is 12.4. The standard InChI is InChI=1S/C23H21N3OS2/c24-13-20-19-11-12-26(14-17-7-3-1-4-8-17)15-21(19)29-23(20)25-22(27)16-28-18-9-5-2-6-10-18/h1-10H,11-12,14-16H2,(H,25,27). The van der Waals surface area contributed by atoms with E-state index in [9.17, 15) is 10.1 Å². The highest BCUT2D eigenvalue weighted by Crippen LogP contribution is 2.37. The van der Waals surface area contributed by atoms with E-state index in [2.05, 4.69) is 40.6 Å². The average molecular weight is 420 g/mol. The largest absolute Gasteiger partial charge is 0.316 e. The number of hydrogen-bond donors (Lipinski definition) is 1. The number of carbonyl (C=O) groups excluding carboxylic acids is 1. The summed E-state index contributed by atoms with van der Waals surface area (Å²) in [6.45, 7) is 2.64. The number of nitrogens with one attached hydrogen (secondary N) is 1. The van der Waals surface area contributed by atoms with Crippen molar-refractivity contribution in [3.63, 3.8) is 0 Å². The minimum absolute atomic E-state index is 0.0740. The molecule has 2 aromatic carbocycles. The Morgan fingerprint density at radius 1 is 1.14 bits per heavy atom. The molecule has 2 heterocycles. The summed E-state index contributed by atoms with van der Waals surface area (Å²) in [5.74, 6) is 0.257. The molecule has 3 aromatic rings. The van der Waals surface area contributed by atoms with Crippen molar-refractivity contribution in [2.75, 3.05) is 17.6 Å². The molecule has 1 amide bonds. The molecule has 0 radical (unpaired) electrons. The zero-order valence-corrected chi connectivity index (χ0v) is 17.6. The van der Waals surface area contributed by atoms with Crippen molar-refractivity contribution in [1.82, 2.24) is 4.90 Å². The smallest absolute Gasteiger partial charge is 0.235 e. The second-order valence-electron chi connectivity index (χ2n) is 6.92. The van der Waals surface area contributed by atoms with Gasteiger partial charge in [-0.3, -0.25) is 9.69 Å². The molecule has 0 fully saturated rings. The number of nitriles is 1. The summed E-state index contributed by atoms with van der Waals surface area (Å²) in [6, 6.07) is 22.6. The molecule has 4 rings (SSSR count). The summed E-state index contributed by atoms with van der Waals surface area (Å²) in [5, 5.41) is 13.3. The first-order valence-electron chi connectivity index (χ1n) is 9.51. The third-order valence-electron chi connectivity index (χ3n) is 4.86. The Morgan fingerprint density at radius 3 is 2.59 bits per heavy atom. The molecule has 0 unspecified atom stereocenters. The number of benzene rings is 2. The van der Waals surface area contributed by atoms with Crippen molar-refractivity contribution in [2.45, 2.75) is 24.4 Å². The summed E-state index contributed by atoms with van der Waals surface area (Å²) in [4.78, 5) is 17.1. The highest BCUT2D eigenvalue weighted by atomic mass is 32.2. The monoisotopic (exact) mass is 419 g/mol. The van der Waals surface area contributed by atoms with Gasteiger partial charge in [0.2, 0.25) is 5.91 Å². The number of rotatable bonds is 6. The van der Waals surface area contributed by atoms with E-state index in [4.69, 9.17) is 0 Å². The Kier molecular flexibility index (Phi) is 6.30. The van der Waals surface area contributed by atoms with Crippen molar-refractivity contribution in [1.29, 1.82) is 5.26 Å². The molecule has 1 aliphatic rings. The molecule has 29 heavy (non-hydrogen) atoms. The maximum absolute atomic E-state index is 12.4. The van der Waals surface area contributed by atoms with Crippen LogP contribution < -0.4 is 5.32 Å². The molecule has 4 nitrogen and oxygen atoms in total. The molecule has 0 saturated carbocycles. The fourth-order valence-electron chi connectivity index (χ4n) is 3.47. The van der Waals surface area contributed by atoms with Gasteiger partial charge in [0.05, 0.1) is 11.3 Å². The highest BCUT2D eigenvalue weighted by molar-refractivity contribution is 8.00. The predicted octanol–water partition coefficient (Wildman–Crippen LogP) is 4.91. The molecule has 6 heteroatoms. The lowest BCUT2D eigenvalue weighted by Crippen LogP contribution is -2.29. The van der Waals surface area contributed by atoms with Crippen LogP contribution in [0.3, 0.4) is 0 Å². The van der Waals surface area contributed by atoms with Crippen molar-refractivity contribution in [3.05, 3.63) is 82.2 Å². The Bertz CT molecular complexity index is 1030. The van der Waals surface area contributed by atoms with Gasteiger partial charge in [-0.1, -0.05) is 48.5 Å². The van der Waals surface area contributed by atoms with Gasteiger partial charge in [0.15, 0.2) is 0 Å². The van der Waals surface area contributed by atoms with Crippen molar-refractivity contribution < 1.29 is 4.79 Å². The number of nitrogens with zero attached hydrogens (tertiary/aromatic N) is 2. The summed E-state index contributed by atoms with van der Waals surface area (Å²) >= 11 is 3.04. The van der Waals surface area contributed by atoms with Crippen LogP contribution in [0, 0.1) is 11.3 Å². The highest BCUT2D eigenvalue weighted by Gasteiger charge is 2.25. The lowest BCUT2D eigenvalue weighted by Gasteiger charge is -2.26. The van der Waals surface area contributed by atoms with Gasteiger partial charge in [-0.2, -0.15) is 5.26 Å². The van der Waals surface area contributed by atoms with E-state index in [0.717, 1.165) is 36.5 Å². The lowest BCUT2D eigenvalue weighted by molar-refractivity contribution is -0.113. The third-order valence-corrected chi connectivity index (χ3v) is 7.01. The van der Waals surface area contributed by atoms with Crippen LogP contribution in [0.5, 0.6) is 0 Å². The molecule has 0 saturated heterocycles. The number of thioether (sulfide) groups is 1. The number of hydrogen-bond acceptors (Lipinski definition) is 5. The number of anilines is 1. The summed E-state index contributed by atoms with van der Waals surface area (Å²) in [6.07, 6.45) is 0.843. The van der Waals surface area contributed by atoms with Crippen LogP contribution in [-0.2, 0) is 24.3 Å². The second kappa shape index (κ2) is 9.27. The maximum Gasteiger partial charge on any atom is 0.235 e. The Labute approximate surface area is 179 Å². The van der Waals surface area contributed by atoms with Gasteiger partial charge in [-0.05, 0) is 29.7 Å². The van der Waals surface area contributed by atoms with Crippen LogP contribution >= 0.6 is 23.1 Å². The minimum Gasteiger partial charge on any atom is -0.316 e. The molecule has 0 spiro atoms. The molecule has 0 aliphatic carbocycles. The van der Waals surface area contributed by atoms with Gasteiger partial charge in [0.1, 0.15) is 11.1 Å². The molecule has 146 valence electrons. The molecule has 1 aromatic heterocycles. The Hall–Kier alpha value is -2.59. The first-order valence-corrected chi connectivity index (χ1v) is 11.3. The van der Waals surface area contributed by atoms with Crippen LogP contribution in [0.15, 0.2) is 65.6 Å². The van der Waals surface area contributed by atoms with Gasteiger partial charge < -0.3 is 5.32 Å². The van der Waals surface area contributed by atoms with E-state index in [1.165, 1.54) is 22.2 Å². The minimum atomic E-state index is -0.0740. The molecular weight excluding hydrogens is 398 g/mol. The number of amides is 1. The van der Waals surface area contributed by atoms with E-state index in [1.807, 2.05) is 36.4 Å².